The van der Waals surface area contributed by atoms with Crippen LogP contribution in [0.2, 0.25) is 0 Å². The normalized spacial score (nSPS) is 10.9. The van der Waals surface area contributed by atoms with Crippen molar-refractivity contribution in [2.24, 2.45) is 0 Å². The molecule has 0 aliphatic heterocycles. The van der Waals surface area contributed by atoms with Gasteiger partial charge in [-0.2, -0.15) is 0 Å². The van der Waals surface area contributed by atoms with E-state index in [9.17, 15) is 4.79 Å². The summed E-state index contributed by atoms with van der Waals surface area (Å²) in [5, 5.41) is 0. The van der Waals surface area contributed by atoms with Crippen molar-refractivity contribution in [2.75, 3.05) is 7.11 Å². The topological polar surface area (TPSA) is 26.3 Å². The first-order chi connectivity index (χ1) is 10.0. The van der Waals surface area contributed by atoms with Crippen molar-refractivity contribution in [2.45, 2.75) is 20.8 Å². The zero-order chi connectivity index (χ0) is 15.4. The van der Waals surface area contributed by atoms with Crippen LogP contribution in [0.3, 0.4) is 0 Å². The molecule has 0 fully saturated rings. The molecule has 2 aromatic carbocycles. The van der Waals surface area contributed by atoms with Crippen LogP contribution in [-0.4, -0.2) is 13.1 Å². The Morgan fingerprint density at radius 3 is 2.19 bits per heavy atom. The number of hydrogen-bond donors (Lipinski definition) is 0. The van der Waals surface area contributed by atoms with Crippen molar-refractivity contribution in [3.05, 3.63) is 64.7 Å². The van der Waals surface area contributed by atoms with Gasteiger partial charge in [-0.15, -0.1) is 0 Å². The standard InChI is InChI=1S/C19H20O2/c1-13-7-5-6-8-17(13)19-14(2)11-16(12-15(19)3)9-10-18(20)21-4/h5-12H,1-4H3/b10-9+. The second kappa shape index (κ2) is 6.40. The van der Waals surface area contributed by atoms with Gasteiger partial charge in [0.25, 0.3) is 0 Å². The molecule has 0 aromatic heterocycles. The third-order valence-corrected chi connectivity index (χ3v) is 3.58. The number of aryl methyl sites for hydroxylation is 3. The predicted molar refractivity (Wildman–Crippen MR) is 87.1 cm³/mol. The van der Waals surface area contributed by atoms with Crippen LogP contribution in [0.1, 0.15) is 22.3 Å². The van der Waals surface area contributed by atoms with Gasteiger partial charge in [0.05, 0.1) is 7.11 Å². The van der Waals surface area contributed by atoms with Crippen molar-refractivity contribution >= 4 is 12.0 Å². The van der Waals surface area contributed by atoms with Crippen LogP contribution in [0, 0.1) is 20.8 Å². The van der Waals surface area contributed by atoms with Crippen molar-refractivity contribution in [3.63, 3.8) is 0 Å². The van der Waals surface area contributed by atoms with Gasteiger partial charge in [-0.05, 0) is 60.2 Å². The molecule has 0 spiro atoms. The van der Waals surface area contributed by atoms with Crippen LogP contribution in [0.5, 0.6) is 0 Å². The molecule has 2 heteroatoms. The van der Waals surface area contributed by atoms with Gasteiger partial charge in [-0.3, -0.25) is 0 Å². The molecule has 0 radical (unpaired) electrons. The largest absolute Gasteiger partial charge is 0.466 e. The molecule has 0 amide bonds. The van der Waals surface area contributed by atoms with Gasteiger partial charge in [0, 0.05) is 6.08 Å². The van der Waals surface area contributed by atoms with E-state index in [2.05, 4.69) is 61.9 Å². The van der Waals surface area contributed by atoms with Gasteiger partial charge < -0.3 is 4.74 Å². The molecule has 2 rings (SSSR count). The lowest BCUT2D eigenvalue weighted by Gasteiger charge is -2.14. The van der Waals surface area contributed by atoms with E-state index in [1.165, 1.54) is 41.0 Å². The van der Waals surface area contributed by atoms with Crippen molar-refractivity contribution in [1.82, 2.24) is 0 Å². The number of carbonyl (C=O) groups is 1. The lowest BCUT2D eigenvalue weighted by atomic mass is 9.91. The molecule has 2 nitrogen and oxygen atoms in total. The minimum atomic E-state index is -0.340. The number of methoxy groups -OCH3 is 1. The first kappa shape index (κ1) is 15.0. The molecular formula is C19H20O2. The average Bonchev–Trinajstić information content (AvgIpc) is 2.46. The lowest BCUT2D eigenvalue weighted by molar-refractivity contribution is -0.134. The smallest absolute Gasteiger partial charge is 0.330 e. The zero-order valence-corrected chi connectivity index (χ0v) is 12.9. The van der Waals surface area contributed by atoms with E-state index in [4.69, 9.17) is 0 Å². The molecule has 0 saturated carbocycles. The monoisotopic (exact) mass is 280 g/mol. The Bertz CT molecular complexity index is 673. The molecule has 0 N–H and O–H groups in total. The Hall–Kier alpha value is -2.35. The summed E-state index contributed by atoms with van der Waals surface area (Å²) in [6, 6.07) is 12.6. The van der Waals surface area contributed by atoms with Crippen LogP contribution < -0.4 is 0 Å². The number of benzene rings is 2. The maximum absolute atomic E-state index is 11.2. The molecule has 0 aliphatic carbocycles. The van der Waals surface area contributed by atoms with Crippen LogP contribution in [0.4, 0.5) is 0 Å². The van der Waals surface area contributed by atoms with Gasteiger partial charge >= 0.3 is 5.97 Å². The van der Waals surface area contributed by atoms with Gasteiger partial charge in [0.2, 0.25) is 0 Å². The Morgan fingerprint density at radius 1 is 1.00 bits per heavy atom. The second-order valence-electron chi connectivity index (χ2n) is 5.20. The molecule has 0 saturated heterocycles. The summed E-state index contributed by atoms with van der Waals surface area (Å²) in [6.07, 6.45) is 3.23. The Kier molecular flexibility index (Phi) is 4.59. The zero-order valence-electron chi connectivity index (χ0n) is 12.9. The lowest BCUT2D eigenvalue weighted by Crippen LogP contribution is -1.95. The summed E-state index contributed by atoms with van der Waals surface area (Å²) in [5.74, 6) is -0.340. The van der Waals surface area contributed by atoms with E-state index < -0.39 is 0 Å². The molecular weight excluding hydrogens is 260 g/mol. The highest BCUT2D eigenvalue weighted by Gasteiger charge is 2.09. The minimum absolute atomic E-state index is 0.340. The number of ether oxygens (including phenoxy) is 1. The SMILES string of the molecule is COC(=O)/C=C/c1cc(C)c(-c2ccccc2C)c(C)c1. The molecule has 0 heterocycles. The highest BCUT2D eigenvalue weighted by atomic mass is 16.5. The van der Waals surface area contributed by atoms with Crippen LogP contribution in [0.15, 0.2) is 42.5 Å². The average molecular weight is 280 g/mol. The fraction of sp³-hybridized carbons (Fsp3) is 0.211. The third kappa shape index (κ3) is 3.40. The molecule has 2 aromatic rings. The van der Waals surface area contributed by atoms with Crippen molar-refractivity contribution < 1.29 is 9.53 Å². The van der Waals surface area contributed by atoms with Crippen LogP contribution in [0.25, 0.3) is 17.2 Å². The Morgan fingerprint density at radius 2 is 1.62 bits per heavy atom. The summed E-state index contributed by atoms with van der Waals surface area (Å²) in [4.78, 5) is 11.2. The van der Waals surface area contributed by atoms with E-state index in [1.807, 2.05) is 0 Å². The van der Waals surface area contributed by atoms with Gasteiger partial charge in [-0.1, -0.05) is 36.4 Å². The summed E-state index contributed by atoms with van der Waals surface area (Å²) >= 11 is 0. The quantitative estimate of drug-likeness (QED) is 0.612. The maximum atomic E-state index is 11.2. The molecule has 0 bridgehead atoms. The second-order valence-corrected chi connectivity index (χ2v) is 5.20. The Labute approximate surface area is 126 Å². The molecule has 0 atom stereocenters. The fourth-order valence-corrected chi connectivity index (χ4v) is 2.60. The number of rotatable bonds is 3. The number of hydrogen-bond acceptors (Lipinski definition) is 2. The summed E-state index contributed by atoms with van der Waals surface area (Å²) < 4.78 is 4.62. The van der Waals surface area contributed by atoms with E-state index in [0.717, 1.165) is 5.56 Å². The highest BCUT2D eigenvalue weighted by Crippen LogP contribution is 2.31. The van der Waals surface area contributed by atoms with Gasteiger partial charge in [0.1, 0.15) is 0 Å². The molecule has 108 valence electrons. The van der Waals surface area contributed by atoms with Crippen molar-refractivity contribution in [3.8, 4) is 11.1 Å². The molecule has 21 heavy (non-hydrogen) atoms. The van der Waals surface area contributed by atoms with Crippen molar-refractivity contribution in [1.29, 1.82) is 0 Å². The van der Waals surface area contributed by atoms with Gasteiger partial charge in [-0.25, -0.2) is 4.79 Å². The third-order valence-electron chi connectivity index (χ3n) is 3.58. The predicted octanol–water partition coefficient (Wildman–Crippen LogP) is 4.47. The van der Waals surface area contributed by atoms with Crippen LogP contribution in [-0.2, 0) is 9.53 Å². The molecule has 0 unspecified atom stereocenters. The number of esters is 1. The van der Waals surface area contributed by atoms with E-state index >= 15 is 0 Å². The first-order valence-electron chi connectivity index (χ1n) is 6.96. The molecule has 0 aliphatic rings. The fourth-order valence-electron chi connectivity index (χ4n) is 2.60. The van der Waals surface area contributed by atoms with E-state index in [-0.39, 0.29) is 5.97 Å². The van der Waals surface area contributed by atoms with E-state index in [0.29, 0.717) is 0 Å². The highest BCUT2D eigenvalue weighted by molar-refractivity contribution is 5.87. The summed E-state index contributed by atoms with van der Waals surface area (Å²) in [5.41, 5.74) is 7.20. The minimum Gasteiger partial charge on any atom is -0.466 e. The van der Waals surface area contributed by atoms with Gasteiger partial charge in [0.15, 0.2) is 0 Å². The first-order valence-corrected chi connectivity index (χ1v) is 6.96. The maximum Gasteiger partial charge on any atom is 0.330 e. The Balaban J connectivity index is 2.46. The van der Waals surface area contributed by atoms with Crippen LogP contribution >= 0.6 is 0 Å². The number of carbonyl (C=O) groups excluding carboxylic acids is 1. The summed E-state index contributed by atoms with van der Waals surface area (Å²) in [6.45, 7) is 6.33. The summed E-state index contributed by atoms with van der Waals surface area (Å²) in [7, 11) is 1.38. The van der Waals surface area contributed by atoms with E-state index in [1.54, 1.807) is 6.08 Å².